The summed E-state index contributed by atoms with van der Waals surface area (Å²) >= 11 is 0. The number of carbonyl (C=O) groups excluding carboxylic acids is 3. The molecule has 0 aromatic heterocycles. The zero-order valence-electron chi connectivity index (χ0n) is 18.4. The second-order valence-corrected chi connectivity index (χ2v) is 11.5. The molecule has 10 nitrogen and oxygen atoms in total. The van der Waals surface area contributed by atoms with Gasteiger partial charge in [-0.25, -0.2) is 13.2 Å². The second kappa shape index (κ2) is 7.89. The van der Waals surface area contributed by atoms with Gasteiger partial charge in [-0.2, -0.15) is 0 Å². The number of ether oxygens (including phenoxy) is 2. The van der Waals surface area contributed by atoms with Gasteiger partial charge >= 0.3 is 6.03 Å². The van der Waals surface area contributed by atoms with E-state index in [1.807, 2.05) is 0 Å². The van der Waals surface area contributed by atoms with Gasteiger partial charge in [-0.05, 0) is 43.9 Å². The summed E-state index contributed by atoms with van der Waals surface area (Å²) in [6.07, 6.45) is 3.94. The molecule has 178 valence electrons. The first-order valence-electron chi connectivity index (χ1n) is 11.2. The smallest absolute Gasteiger partial charge is 0.325 e. The van der Waals surface area contributed by atoms with Crippen LogP contribution in [-0.2, 0) is 25.0 Å². The molecular formula is C22H27N3O7S. The largest absolute Gasteiger partial charge is 0.454 e. The van der Waals surface area contributed by atoms with Crippen molar-refractivity contribution < 1.29 is 32.3 Å². The lowest BCUT2D eigenvalue weighted by Crippen LogP contribution is -2.51. The molecule has 33 heavy (non-hydrogen) atoms. The summed E-state index contributed by atoms with van der Waals surface area (Å²) in [5.74, 6) is 0.113. The number of hydrogen-bond donors (Lipinski definition) is 1. The number of rotatable bonds is 5. The van der Waals surface area contributed by atoms with Crippen molar-refractivity contribution in [1.82, 2.24) is 15.1 Å². The highest BCUT2D eigenvalue weighted by Crippen LogP contribution is 2.38. The molecule has 1 saturated carbocycles. The third-order valence-electron chi connectivity index (χ3n) is 7.13. The molecule has 1 N–H and O–H groups in total. The molecule has 3 aliphatic heterocycles. The van der Waals surface area contributed by atoms with Crippen LogP contribution in [0.5, 0.6) is 11.5 Å². The molecule has 4 aliphatic rings. The SMILES string of the molecule is CC1(c2ccc3c(c2)OCO3)NC(=O)N(CC(=O)N(C2CCCC2)C2CCS(=O)(=O)C2)C1=O. The first-order valence-corrected chi connectivity index (χ1v) is 13.1. The molecule has 0 spiro atoms. The first-order chi connectivity index (χ1) is 15.7. The van der Waals surface area contributed by atoms with Gasteiger partial charge in [-0.3, -0.25) is 14.5 Å². The number of fused-ring (bicyclic) bond motifs is 1. The summed E-state index contributed by atoms with van der Waals surface area (Å²) in [6.45, 7) is 1.26. The number of urea groups is 1. The number of imide groups is 1. The van der Waals surface area contributed by atoms with E-state index in [-0.39, 0.29) is 30.2 Å². The van der Waals surface area contributed by atoms with Crippen LogP contribution in [0.2, 0.25) is 0 Å². The Morgan fingerprint density at radius 1 is 1.15 bits per heavy atom. The van der Waals surface area contributed by atoms with Crippen LogP contribution in [0.1, 0.15) is 44.6 Å². The van der Waals surface area contributed by atoms with E-state index in [1.165, 1.54) is 0 Å². The third-order valence-corrected chi connectivity index (χ3v) is 8.88. The van der Waals surface area contributed by atoms with Gasteiger partial charge in [0.1, 0.15) is 12.1 Å². The van der Waals surface area contributed by atoms with Crippen molar-refractivity contribution in [3.8, 4) is 11.5 Å². The highest BCUT2D eigenvalue weighted by molar-refractivity contribution is 7.91. The van der Waals surface area contributed by atoms with Crippen molar-refractivity contribution in [1.29, 1.82) is 0 Å². The Hall–Kier alpha value is -2.82. The van der Waals surface area contributed by atoms with Gasteiger partial charge in [0.25, 0.3) is 5.91 Å². The maximum absolute atomic E-state index is 13.4. The second-order valence-electron chi connectivity index (χ2n) is 9.31. The van der Waals surface area contributed by atoms with Crippen LogP contribution in [0, 0.1) is 0 Å². The van der Waals surface area contributed by atoms with E-state index in [0.717, 1.165) is 30.6 Å². The van der Waals surface area contributed by atoms with Crippen molar-refractivity contribution in [3.05, 3.63) is 23.8 Å². The van der Waals surface area contributed by atoms with Crippen LogP contribution in [0.15, 0.2) is 18.2 Å². The zero-order valence-corrected chi connectivity index (χ0v) is 19.2. The maximum Gasteiger partial charge on any atom is 0.325 e. The molecule has 5 rings (SSSR count). The fourth-order valence-electron chi connectivity index (χ4n) is 5.34. The third kappa shape index (κ3) is 3.81. The Balaban J connectivity index is 1.37. The minimum atomic E-state index is -3.19. The van der Waals surface area contributed by atoms with E-state index in [2.05, 4.69) is 5.32 Å². The molecule has 2 saturated heterocycles. The van der Waals surface area contributed by atoms with Crippen LogP contribution in [0.25, 0.3) is 0 Å². The number of hydrogen-bond acceptors (Lipinski definition) is 7. The van der Waals surface area contributed by atoms with Crippen LogP contribution < -0.4 is 14.8 Å². The lowest BCUT2D eigenvalue weighted by Gasteiger charge is -2.35. The summed E-state index contributed by atoms with van der Waals surface area (Å²) < 4.78 is 34.8. The van der Waals surface area contributed by atoms with E-state index in [0.29, 0.717) is 23.5 Å². The minimum Gasteiger partial charge on any atom is -0.454 e. The van der Waals surface area contributed by atoms with Crippen LogP contribution in [0.3, 0.4) is 0 Å². The van der Waals surface area contributed by atoms with E-state index in [9.17, 15) is 22.8 Å². The topological polar surface area (TPSA) is 122 Å². The van der Waals surface area contributed by atoms with Crippen LogP contribution >= 0.6 is 0 Å². The highest BCUT2D eigenvalue weighted by atomic mass is 32.2. The Morgan fingerprint density at radius 2 is 1.88 bits per heavy atom. The van der Waals surface area contributed by atoms with Crippen molar-refractivity contribution in [2.24, 2.45) is 0 Å². The van der Waals surface area contributed by atoms with Gasteiger partial charge in [-0.15, -0.1) is 0 Å². The molecule has 2 atom stereocenters. The molecule has 11 heteroatoms. The number of nitrogens with one attached hydrogen (secondary N) is 1. The molecule has 1 aliphatic carbocycles. The first kappa shape index (κ1) is 22.0. The summed E-state index contributed by atoms with van der Waals surface area (Å²) in [5, 5.41) is 2.71. The normalized spacial score (nSPS) is 28.4. The number of sulfone groups is 1. The monoisotopic (exact) mass is 477 g/mol. The van der Waals surface area contributed by atoms with E-state index >= 15 is 0 Å². The average Bonchev–Trinajstić information content (AvgIpc) is 3.54. The van der Waals surface area contributed by atoms with Crippen molar-refractivity contribution in [2.75, 3.05) is 24.8 Å². The van der Waals surface area contributed by atoms with Gasteiger partial charge in [0.2, 0.25) is 12.7 Å². The Labute approximate surface area is 192 Å². The van der Waals surface area contributed by atoms with Crippen molar-refractivity contribution in [3.63, 3.8) is 0 Å². The predicted octanol–water partition coefficient (Wildman–Crippen LogP) is 1.14. The molecule has 1 aromatic carbocycles. The summed E-state index contributed by atoms with van der Waals surface area (Å²) in [7, 11) is -3.19. The lowest BCUT2D eigenvalue weighted by atomic mass is 9.91. The molecule has 3 heterocycles. The molecule has 0 bridgehead atoms. The fourth-order valence-corrected chi connectivity index (χ4v) is 7.05. The van der Waals surface area contributed by atoms with Gasteiger partial charge < -0.3 is 19.7 Å². The standard InChI is InChI=1S/C22H27N3O7S/c1-22(14-6-7-17-18(10-14)32-13-31-17)20(27)24(21(28)23-22)11-19(26)25(15-4-2-3-5-15)16-8-9-33(29,30)12-16/h6-7,10,15-16H,2-5,8-9,11-13H2,1H3,(H,23,28). The van der Waals surface area contributed by atoms with Gasteiger partial charge in [0, 0.05) is 12.1 Å². The fraction of sp³-hybridized carbons (Fsp3) is 0.591. The zero-order chi connectivity index (χ0) is 23.4. The van der Waals surface area contributed by atoms with Gasteiger partial charge in [0.15, 0.2) is 21.3 Å². The van der Waals surface area contributed by atoms with Crippen LogP contribution in [0.4, 0.5) is 4.79 Å². The number of benzene rings is 1. The van der Waals surface area contributed by atoms with Gasteiger partial charge in [0.05, 0.1) is 11.5 Å². The van der Waals surface area contributed by atoms with E-state index < -0.39 is 39.9 Å². The van der Waals surface area contributed by atoms with Crippen molar-refractivity contribution in [2.45, 2.75) is 56.7 Å². The van der Waals surface area contributed by atoms with Crippen molar-refractivity contribution >= 4 is 27.7 Å². The molecule has 2 unspecified atom stereocenters. The number of amides is 4. The molecular weight excluding hydrogens is 450 g/mol. The molecule has 3 fully saturated rings. The number of carbonyl (C=O) groups is 3. The Kier molecular flexibility index (Phi) is 5.26. The Morgan fingerprint density at radius 3 is 2.58 bits per heavy atom. The lowest BCUT2D eigenvalue weighted by molar-refractivity contribution is -0.141. The average molecular weight is 478 g/mol. The summed E-state index contributed by atoms with van der Waals surface area (Å²) in [6, 6.07) is 3.89. The van der Waals surface area contributed by atoms with E-state index in [4.69, 9.17) is 9.47 Å². The summed E-state index contributed by atoms with van der Waals surface area (Å²) in [4.78, 5) is 42.1. The molecule has 0 radical (unpaired) electrons. The van der Waals surface area contributed by atoms with E-state index in [1.54, 1.807) is 30.0 Å². The number of nitrogens with zero attached hydrogens (tertiary/aromatic N) is 2. The highest BCUT2D eigenvalue weighted by Gasteiger charge is 2.51. The quantitative estimate of drug-likeness (QED) is 0.631. The minimum absolute atomic E-state index is 0.0550. The predicted molar refractivity (Wildman–Crippen MR) is 116 cm³/mol. The molecule has 4 amide bonds. The van der Waals surface area contributed by atoms with Gasteiger partial charge in [-0.1, -0.05) is 18.9 Å². The summed E-state index contributed by atoms with van der Waals surface area (Å²) in [5.41, 5.74) is -0.831. The van der Waals surface area contributed by atoms with Crippen LogP contribution in [-0.4, -0.2) is 73.0 Å². The maximum atomic E-state index is 13.4. The molecule has 1 aromatic rings. The Bertz CT molecular complexity index is 1110.